The second-order valence-corrected chi connectivity index (χ2v) is 15.9. The summed E-state index contributed by atoms with van der Waals surface area (Å²) in [6.45, 7) is -4.05. The molecule has 2 bridgehead atoms. The third-order valence-electron chi connectivity index (χ3n) is 7.16. The molecule has 21 nitrogen and oxygen atoms in total. The summed E-state index contributed by atoms with van der Waals surface area (Å²) in [6.07, 6.45) is -10.3. The number of nitrogens with zero attached hydrogens (tertiary/aromatic N) is 6. The molecule has 0 radical (unpaired) electrons. The zero-order chi connectivity index (χ0) is 32.0. The molecule has 0 spiro atoms. The summed E-state index contributed by atoms with van der Waals surface area (Å²) in [5, 5.41) is 22.4. The van der Waals surface area contributed by atoms with Crippen molar-refractivity contribution in [3.8, 4) is 0 Å². The van der Waals surface area contributed by atoms with E-state index >= 15 is 0 Å². The highest BCUT2D eigenvalue weighted by atomic mass is 32.7. The Balaban J connectivity index is 1.23. The van der Waals surface area contributed by atoms with Crippen LogP contribution in [0.5, 0.6) is 0 Å². The van der Waals surface area contributed by atoms with Crippen molar-refractivity contribution in [3.05, 3.63) is 32.7 Å². The number of imidazole rings is 1. The molecule has 7 N–H and O–H groups in total. The van der Waals surface area contributed by atoms with E-state index in [9.17, 15) is 28.9 Å². The van der Waals surface area contributed by atoms with Crippen LogP contribution in [0.4, 0.5) is 11.8 Å². The van der Waals surface area contributed by atoms with E-state index in [1.54, 1.807) is 0 Å². The summed E-state index contributed by atoms with van der Waals surface area (Å²) in [4.78, 5) is 42.9. The van der Waals surface area contributed by atoms with Crippen LogP contribution >= 0.6 is 38.0 Å². The van der Waals surface area contributed by atoms with Gasteiger partial charge in [0.05, 0.1) is 12.9 Å². The van der Waals surface area contributed by atoms with Crippen LogP contribution in [0.15, 0.2) is 22.2 Å². The number of aromatic nitrogens is 7. The van der Waals surface area contributed by atoms with E-state index in [-0.39, 0.29) is 33.3 Å². The predicted molar refractivity (Wildman–Crippen MR) is 155 cm³/mol. The molecule has 3 fully saturated rings. The predicted octanol–water partition coefficient (Wildman–Crippen LogP) is -0.697. The van der Waals surface area contributed by atoms with E-state index in [0.29, 0.717) is 11.3 Å². The lowest BCUT2D eigenvalue weighted by Crippen LogP contribution is -2.38. The van der Waals surface area contributed by atoms with E-state index in [0.717, 1.165) is 23.9 Å². The molecule has 0 aliphatic carbocycles. The molecule has 2 unspecified atom stereocenters. The second-order valence-electron chi connectivity index (χ2n) is 10.1. The third kappa shape index (κ3) is 5.31. The quantitative estimate of drug-likeness (QED) is 0.111. The van der Waals surface area contributed by atoms with Gasteiger partial charge in [0, 0.05) is 6.66 Å². The normalized spacial score (nSPS) is 37.4. The van der Waals surface area contributed by atoms with Crippen LogP contribution in [0.2, 0.25) is 0 Å². The lowest BCUT2D eigenvalue weighted by molar-refractivity contribution is -0.130. The number of aliphatic hydroxyl groups excluding tert-OH is 2. The van der Waals surface area contributed by atoms with Crippen molar-refractivity contribution in [2.45, 2.75) is 49.3 Å². The first kappa shape index (κ1) is 30.8. The van der Waals surface area contributed by atoms with Crippen molar-refractivity contribution < 1.29 is 46.9 Å². The summed E-state index contributed by atoms with van der Waals surface area (Å²) in [7, 11) is -4.13. The van der Waals surface area contributed by atoms with Gasteiger partial charge in [-0.1, -0.05) is 23.6 Å². The first-order valence-corrected chi connectivity index (χ1v) is 18.3. The van der Waals surface area contributed by atoms with E-state index in [2.05, 4.69) is 37.2 Å². The molecule has 45 heavy (non-hydrogen) atoms. The standard InChI is InChI=1S/C20H23N9O12P2S2/c1-42(34)36-2-5-9(7(30)16(37-5)29-14-11(45-20(29)33)12(21)23-3-24-14)40-43(35,44)41-18-8(31)10(39-42)17(38-18)28-4-25-6-13(28)26-19(22)27-15(6)32/h3-5,7-10,16-18,30-31H,2H2,1H3,(H,35,44)(H2,21,23,24)(H3,22,26,27,32)/t5-,7-,8+,9-,10-,16-,17-,18-,42?,43?/m1/s1. The van der Waals surface area contributed by atoms with Crippen LogP contribution in [-0.2, 0) is 36.7 Å². The topological polar surface area (TPSA) is 293 Å². The molecule has 242 valence electrons. The van der Waals surface area contributed by atoms with E-state index in [1.165, 1.54) is 4.57 Å². The van der Waals surface area contributed by atoms with Crippen LogP contribution in [0.1, 0.15) is 12.5 Å². The second kappa shape index (κ2) is 10.9. The fraction of sp³-hybridized carbons (Fsp3) is 0.500. The summed E-state index contributed by atoms with van der Waals surface area (Å²) < 4.78 is 63.6. The Morgan fingerprint density at radius 1 is 1.04 bits per heavy atom. The molecule has 0 amide bonds. The largest absolute Gasteiger partial charge is 0.388 e. The molecule has 4 aromatic rings. The van der Waals surface area contributed by atoms with E-state index in [4.69, 9.17) is 39.0 Å². The van der Waals surface area contributed by atoms with Crippen LogP contribution in [0.3, 0.4) is 0 Å². The van der Waals surface area contributed by atoms with Gasteiger partial charge in [-0.15, -0.1) is 0 Å². The zero-order valence-electron chi connectivity index (χ0n) is 22.5. The summed E-state index contributed by atoms with van der Waals surface area (Å²) in [5.41, 5.74) is 10.7. The van der Waals surface area contributed by atoms with Crippen LogP contribution in [-0.4, -0.2) is 94.3 Å². The molecule has 3 aliphatic rings. The number of thiazole rings is 1. The number of hydrogen-bond acceptors (Lipinski definition) is 19. The van der Waals surface area contributed by atoms with Crippen LogP contribution in [0, 0.1) is 0 Å². The number of ether oxygens (including phenoxy) is 2. The Hall–Kier alpha value is -2.79. The van der Waals surface area contributed by atoms with Gasteiger partial charge in [0.25, 0.3) is 5.56 Å². The average Bonchev–Trinajstić information content (AvgIpc) is 3.68. The van der Waals surface area contributed by atoms with Gasteiger partial charge in [0.2, 0.25) is 5.95 Å². The van der Waals surface area contributed by atoms with Gasteiger partial charge < -0.3 is 35.7 Å². The zero-order valence-corrected chi connectivity index (χ0v) is 26.0. The maximum atomic E-state index is 13.6. The summed E-state index contributed by atoms with van der Waals surface area (Å²) in [5.74, 6) is -0.225. The number of anilines is 2. The molecule has 7 heterocycles. The van der Waals surface area contributed by atoms with Gasteiger partial charge in [-0.25, -0.2) is 19.5 Å². The maximum absolute atomic E-state index is 13.6. The Morgan fingerprint density at radius 2 is 1.82 bits per heavy atom. The Labute approximate surface area is 258 Å². The van der Waals surface area contributed by atoms with Crippen molar-refractivity contribution >= 4 is 71.3 Å². The van der Waals surface area contributed by atoms with Gasteiger partial charge in [0.1, 0.15) is 47.4 Å². The Kier molecular flexibility index (Phi) is 7.47. The summed E-state index contributed by atoms with van der Waals surface area (Å²) in [6, 6.07) is 0. The fourth-order valence-electron chi connectivity index (χ4n) is 5.24. The van der Waals surface area contributed by atoms with Crippen molar-refractivity contribution in [3.63, 3.8) is 0 Å². The van der Waals surface area contributed by atoms with Crippen molar-refractivity contribution in [2.75, 3.05) is 24.7 Å². The van der Waals surface area contributed by atoms with Crippen molar-refractivity contribution in [1.82, 2.24) is 34.1 Å². The molecule has 3 aliphatic heterocycles. The molecule has 0 saturated carbocycles. The van der Waals surface area contributed by atoms with Crippen molar-refractivity contribution in [1.29, 1.82) is 0 Å². The number of aromatic amines is 1. The fourth-order valence-corrected chi connectivity index (χ4v) is 8.91. The Bertz CT molecular complexity index is 2040. The minimum Gasteiger partial charge on any atom is -0.386 e. The average molecular weight is 708 g/mol. The van der Waals surface area contributed by atoms with Crippen LogP contribution < -0.4 is 21.9 Å². The molecular formula is C20H23N9O12P2S2. The van der Waals surface area contributed by atoms with Gasteiger partial charge in [-0.3, -0.25) is 41.8 Å². The molecule has 7 rings (SSSR count). The molecule has 25 heteroatoms. The monoisotopic (exact) mass is 707 g/mol. The highest BCUT2D eigenvalue weighted by Crippen LogP contribution is 2.60. The number of hydrogen-bond donors (Lipinski definition) is 6. The summed E-state index contributed by atoms with van der Waals surface area (Å²) >= 11 is 4.73. The minimum absolute atomic E-state index is 0.0263. The molecule has 10 atom stereocenters. The number of thiol groups is 1. The molecule has 0 aromatic carbocycles. The molecule has 4 aromatic heterocycles. The van der Waals surface area contributed by atoms with Crippen molar-refractivity contribution in [2.24, 2.45) is 0 Å². The highest BCUT2D eigenvalue weighted by Gasteiger charge is 2.55. The van der Waals surface area contributed by atoms with Gasteiger partial charge in [-0.05, 0) is 0 Å². The van der Waals surface area contributed by atoms with Gasteiger partial charge in [-0.2, -0.15) is 4.98 Å². The SMILES string of the molecule is CP1(=O)OC[C@H]2O[C@@H](n3c(=O)sc4c(N)ncnc43)[C@H](O)[C@@H]2OP(=O)(S)O[C@H]2O[C@@H](n3cnc4c(=O)[nH]c(N)nc43)[C@H](O1)[C@@H]2O. The smallest absolute Gasteiger partial charge is 0.386 e. The number of fused-ring (bicyclic) bond motifs is 5. The number of rotatable bonds is 2. The minimum atomic E-state index is -4.56. The van der Waals surface area contributed by atoms with Gasteiger partial charge >= 0.3 is 19.3 Å². The molecule has 3 saturated heterocycles. The Morgan fingerprint density at radius 3 is 2.60 bits per heavy atom. The van der Waals surface area contributed by atoms with E-state index < -0.39 is 80.7 Å². The number of nitrogens with two attached hydrogens (primary N) is 2. The first-order chi connectivity index (χ1) is 21.2. The number of aliphatic hydroxyl groups is 2. The maximum Gasteiger partial charge on any atom is 0.388 e. The molecular weight excluding hydrogens is 684 g/mol. The van der Waals surface area contributed by atoms with E-state index in [1.807, 2.05) is 0 Å². The third-order valence-corrected chi connectivity index (χ3v) is 10.9. The van der Waals surface area contributed by atoms with Crippen LogP contribution in [0.25, 0.3) is 21.5 Å². The number of H-pyrrole nitrogens is 1. The lowest BCUT2D eigenvalue weighted by Gasteiger charge is -2.28. The first-order valence-electron chi connectivity index (χ1n) is 12.8. The highest BCUT2D eigenvalue weighted by molar-refractivity contribution is 8.44. The lowest BCUT2D eigenvalue weighted by atomic mass is 10.1. The number of nitrogen functional groups attached to an aromatic ring is 2. The number of nitrogens with one attached hydrogen (secondary N) is 1. The van der Waals surface area contributed by atoms with Gasteiger partial charge in [0.15, 0.2) is 35.6 Å².